The molecule has 0 unspecified atom stereocenters. The topological polar surface area (TPSA) is 12.9 Å². The fourth-order valence-corrected chi connectivity index (χ4v) is 3.85. The molecule has 0 bridgehead atoms. The second-order valence-corrected chi connectivity index (χ2v) is 7.28. The van der Waals surface area contributed by atoms with Gasteiger partial charge in [-0.1, -0.05) is 0 Å². The molecule has 1 aromatic heterocycles. The van der Waals surface area contributed by atoms with Gasteiger partial charge in [0, 0.05) is 0 Å². The minimum absolute atomic E-state index is 0.188. The molecule has 0 fully saturated rings. The van der Waals surface area contributed by atoms with Gasteiger partial charge in [0.05, 0.1) is 0 Å². The molecule has 0 aliphatic carbocycles. The predicted octanol–water partition coefficient (Wildman–Crippen LogP) is 3.74. The van der Waals surface area contributed by atoms with E-state index in [1.54, 1.807) is 0 Å². The summed E-state index contributed by atoms with van der Waals surface area (Å²) in [6.07, 6.45) is 0. The van der Waals surface area contributed by atoms with Crippen molar-refractivity contribution >= 4 is 35.1 Å². The fourth-order valence-electron chi connectivity index (χ4n) is 2.31. The summed E-state index contributed by atoms with van der Waals surface area (Å²) in [7, 11) is 0. The summed E-state index contributed by atoms with van der Waals surface area (Å²) >= 11 is 0.416. The molecule has 0 amide bonds. The van der Waals surface area contributed by atoms with Crippen molar-refractivity contribution in [2.45, 2.75) is 26.2 Å². The minimum atomic E-state index is 0.188. The second-order valence-electron chi connectivity index (χ2n) is 5.42. The maximum absolute atomic E-state index is 4.55. The summed E-state index contributed by atoms with van der Waals surface area (Å²) < 4.78 is 1.43. The standard InChI is InChI=1S/C15H15NSe/c1-15(2,3)12-8-13-14(16-9-17-13)11-7-5-4-6-10(11)12/h4-9H,1-3H3. The molecule has 0 saturated carbocycles. The summed E-state index contributed by atoms with van der Waals surface area (Å²) in [5.74, 6) is 0. The molecule has 0 radical (unpaired) electrons. The summed E-state index contributed by atoms with van der Waals surface area (Å²) in [4.78, 5) is 4.55. The molecular weight excluding hydrogens is 273 g/mol. The molecule has 0 N–H and O–H groups in total. The third-order valence-electron chi connectivity index (χ3n) is 3.15. The zero-order valence-corrected chi connectivity index (χ0v) is 12.0. The zero-order valence-electron chi connectivity index (χ0n) is 10.3. The number of fused-ring (bicyclic) bond motifs is 3. The molecule has 3 rings (SSSR count). The van der Waals surface area contributed by atoms with Crippen LogP contribution in [0.5, 0.6) is 0 Å². The molecule has 0 saturated heterocycles. The second kappa shape index (κ2) is 3.69. The zero-order chi connectivity index (χ0) is 12.0. The Hall–Kier alpha value is -1.11. The first-order valence-electron chi connectivity index (χ1n) is 5.83. The van der Waals surface area contributed by atoms with Gasteiger partial charge in [0.25, 0.3) is 0 Å². The summed E-state index contributed by atoms with van der Waals surface area (Å²) in [6.45, 7) is 6.85. The number of hydrogen-bond donors (Lipinski definition) is 0. The fraction of sp³-hybridized carbons (Fsp3) is 0.267. The molecule has 1 heterocycles. The van der Waals surface area contributed by atoms with Crippen molar-refractivity contribution in [3.63, 3.8) is 0 Å². The van der Waals surface area contributed by atoms with E-state index in [4.69, 9.17) is 0 Å². The number of nitrogens with zero attached hydrogens (tertiary/aromatic N) is 1. The van der Waals surface area contributed by atoms with Crippen molar-refractivity contribution in [3.8, 4) is 0 Å². The van der Waals surface area contributed by atoms with Gasteiger partial charge < -0.3 is 0 Å². The molecule has 0 spiro atoms. The Bertz CT molecular complexity index is 689. The monoisotopic (exact) mass is 289 g/mol. The van der Waals surface area contributed by atoms with Crippen LogP contribution in [0.25, 0.3) is 20.5 Å². The van der Waals surface area contributed by atoms with E-state index >= 15 is 0 Å². The van der Waals surface area contributed by atoms with Gasteiger partial charge in [-0.2, -0.15) is 0 Å². The number of hydrogen-bond acceptors (Lipinski definition) is 1. The van der Waals surface area contributed by atoms with Gasteiger partial charge in [-0.15, -0.1) is 0 Å². The molecule has 17 heavy (non-hydrogen) atoms. The van der Waals surface area contributed by atoms with E-state index in [1.807, 2.05) is 0 Å². The number of benzene rings is 2. The Morgan fingerprint density at radius 2 is 1.76 bits per heavy atom. The first-order valence-corrected chi connectivity index (χ1v) is 7.67. The van der Waals surface area contributed by atoms with Gasteiger partial charge >= 0.3 is 107 Å². The van der Waals surface area contributed by atoms with E-state index in [0.29, 0.717) is 14.5 Å². The van der Waals surface area contributed by atoms with Crippen LogP contribution in [0.2, 0.25) is 0 Å². The first kappa shape index (κ1) is 11.0. The van der Waals surface area contributed by atoms with E-state index in [0.717, 1.165) is 0 Å². The van der Waals surface area contributed by atoms with Crippen LogP contribution in [0.3, 0.4) is 0 Å². The average Bonchev–Trinajstić information content (AvgIpc) is 2.74. The molecule has 0 aliphatic rings. The third-order valence-corrected chi connectivity index (χ3v) is 4.78. The molecule has 2 aromatic carbocycles. The van der Waals surface area contributed by atoms with Crippen LogP contribution in [0, 0.1) is 0 Å². The molecular formula is C15H15NSe. The van der Waals surface area contributed by atoms with Crippen LogP contribution in [0.15, 0.2) is 35.4 Å². The molecule has 86 valence electrons. The maximum atomic E-state index is 4.55. The van der Waals surface area contributed by atoms with Gasteiger partial charge in [-0.3, -0.25) is 0 Å². The van der Waals surface area contributed by atoms with Crippen LogP contribution in [-0.2, 0) is 5.41 Å². The van der Waals surface area contributed by atoms with Crippen LogP contribution >= 0.6 is 0 Å². The summed E-state index contributed by atoms with van der Waals surface area (Å²) in [6, 6.07) is 11.0. The molecule has 0 aliphatic heterocycles. The van der Waals surface area contributed by atoms with Crippen molar-refractivity contribution in [1.29, 1.82) is 0 Å². The number of aromatic nitrogens is 1. The van der Waals surface area contributed by atoms with E-state index in [9.17, 15) is 0 Å². The first-order chi connectivity index (χ1) is 8.07. The molecule has 2 heteroatoms. The Labute approximate surface area is 107 Å². The Balaban J connectivity index is 2.54. The van der Waals surface area contributed by atoms with E-state index in [2.05, 4.69) is 61.2 Å². The van der Waals surface area contributed by atoms with Gasteiger partial charge in [-0.05, 0) is 0 Å². The number of rotatable bonds is 0. The van der Waals surface area contributed by atoms with Crippen molar-refractivity contribution < 1.29 is 0 Å². The normalized spacial score (nSPS) is 12.4. The SMILES string of the molecule is CC(C)(C)c1cc2[se]cnc2c2ccccc12. The summed E-state index contributed by atoms with van der Waals surface area (Å²) in [5.41, 5.74) is 2.83. The molecule has 0 atom stereocenters. The van der Waals surface area contributed by atoms with Crippen LogP contribution in [0.1, 0.15) is 26.3 Å². The van der Waals surface area contributed by atoms with E-state index in [1.165, 1.54) is 26.1 Å². The van der Waals surface area contributed by atoms with Gasteiger partial charge in [0.15, 0.2) is 0 Å². The van der Waals surface area contributed by atoms with Crippen LogP contribution in [0.4, 0.5) is 0 Å². The van der Waals surface area contributed by atoms with Crippen molar-refractivity contribution in [2.75, 3.05) is 0 Å². The third kappa shape index (κ3) is 1.72. The molecule has 1 nitrogen and oxygen atoms in total. The van der Waals surface area contributed by atoms with E-state index in [-0.39, 0.29) is 5.41 Å². The Kier molecular flexibility index (Phi) is 2.39. The van der Waals surface area contributed by atoms with Crippen molar-refractivity contribution in [3.05, 3.63) is 41.0 Å². The van der Waals surface area contributed by atoms with Crippen LogP contribution < -0.4 is 0 Å². The quantitative estimate of drug-likeness (QED) is 0.574. The van der Waals surface area contributed by atoms with Gasteiger partial charge in [-0.25, -0.2) is 0 Å². The molecule has 3 aromatic rings. The Morgan fingerprint density at radius 1 is 1.06 bits per heavy atom. The summed E-state index contributed by atoms with van der Waals surface area (Å²) in [5, 5.41) is 4.75. The van der Waals surface area contributed by atoms with Crippen molar-refractivity contribution in [2.24, 2.45) is 0 Å². The van der Waals surface area contributed by atoms with Gasteiger partial charge in [0.2, 0.25) is 0 Å². The van der Waals surface area contributed by atoms with E-state index < -0.39 is 0 Å². The van der Waals surface area contributed by atoms with Crippen molar-refractivity contribution in [1.82, 2.24) is 4.98 Å². The van der Waals surface area contributed by atoms with Gasteiger partial charge in [0.1, 0.15) is 0 Å². The predicted molar refractivity (Wildman–Crippen MR) is 74.9 cm³/mol. The average molecular weight is 288 g/mol. The Morgan fingerprint density at radius 3 is 2.47 bits per heavy atom. The van der Waals surface area contributed by atoms with Crippen LogP contribution in [-0.4, -0.2) is 19.5 Å².